The van der Waals surface area contributed by atoms with Crippen LogP contribution in [0.25, 0.3) is 21.9 Å². The molecule has 206 valence electrons. The van der Waals surface area contributed by atoms with Crippen molar-refractivity contribution in [1.29, 1.82) is 0 Å². The molecule has 3 amide bonds. The van der Waals surface area contributed by atoms with Gasteiger partial charge in [-0.05, 0) is 30.0 Å². The highest BCUT2D eigenvalue weighted by molar-refractivity contribution is 6.01. The lowest BCUT2D eigenvalue weighted by Gasteiger charge is -2.37. The van der Waals surface area contributed by atoms with Crippen molar-refractivity contribution in [1.82, 2.24) is 14.8 Å². The predicted octanol–water partition coefficient (Wildman–Crippen LogP) is 5.29. The van der Waals surface area contributed by atoms with Gasteiger partial charge in [0.2, 0.25) is 5.88 Å². The number of rotatable bonds is 6. The summed E-state index contributed by atoms with van der Waals surface area (Å²) >= 11 is 0. The number of aliphatic hydroxyl groups excluding tert-OH is 1. The predicted molar refractivity (Wildman–Crippen MR) is 156 cm³/mol. The van der Waals surface area contributed by atoms with Crippen molar-refractivity contribution in [2.24, 2.45) is 5.92 Å². The van der Waals surface area contributed by atoms with Crippen LogP contribution in [0.2, 0.25) is 0 Å². The molecule has 5 rings (SSSR count). The number of carbonyl (C=O) groups excluding carboxylic acids is 2. The SMILES string of the molecule is C[C@H](CO)N1C[C@H](C)[C@H](CN(C)C(=O)Nc2cccc3ccccc23)Oc2ncc(-c3ccccc3)cc2C1=O. The lowest BCUT2D eigenvalue weighted by molar-refractivity contribution is 0.0356. The van der Waals surface area contributed by atoms with Crippen LogP contribution in [0.1, 0.15) is 24.2 Å². The lowest BCUT2D eigenvalue weighted by Crippen LogP contribution is -2.50. The second-order valence-electron chi connectivity index (χ2n) is 10.4. The van der Waals surface area contributed by atoms with E-state index in [0.717, 1.165) is 27.6 Å². The van der Waals surface area contributed by atoms with E-state index >= 15 is 0 Å². The van der Waals surface area contributed by atoms with Crippen molar-refractivity contribution in [3.8, 4) is 17.0 Å². The Kier molecular flexibility index (Phi) is 7.98. The molecule has 0 saturated heterocycles. The van der Waals surface area contributed by atoms with E-state index in [2.05, 4.69) is 10.3 Å². The Hall–Kier alpha value is -4.43. The third kappa shape index (κ3) is 5.62. The molecule has 4 aromatic rings. The first-order chi connectivity index (χ1) is 19.4. The number of urea groups is 1. The summed E-state index contributed by atoms with van der Waals surface area (Å²) in [5.41, 5.74) is 2.80. The van der Waals surface area contributed by atoms with E-state index in [4.69, 9.17) is 4.74 Å². The van der Waals surface area contributed by atoms with E-state index < -0.39 is 12.1 Å². The number of benzene rings is 3. The number of carbonyl (C=O) groups is 2. The van der Waals surface area contributed by atoms with Crippen LogP contribution in [0.15, 0.2) is 85.1 Å². The van der Waals surface area contributed by atoms with E-state index in [1.807, 2.05) is 86.6 Å². The van der Waals surface area contributed by atoms with Gasteiger partial charge >= 0.3 is 6.03 Å². The zero-order valence-electron chi connectivity index (χ0n) is 22.9. The molecule has 2 N–H and O–H groups in total. The summed E-state index contributed by atoms with van der Waals surface area (Å²) in [5.74, 6) is -0.164. The summed E-state index contributed by atoms with van der Waals surface area (Å²) < 4.78 is 6.37. The van der Waals surface area contributed by atoms with Gasteiger partial charge in [-0.3, -0.25) is 4.79 Å². The number of likely N-dealkylation sites (N-methyl/N-ethyl adjacent to an activating group) is 1. The number of aromatic nitrogens is 1. The minimum Gasteiger partial charge on any atom is -0.472 e. The number of amides is 3. The second-order valence-corrected chi connectivity index (χ2v) is 10.4. The molecule has 0 aliphatic carbocycles. The Morgan fingerprint density at radius 2 is 1.82 bits per heavy atom. The van der Waals surface area contributed by atoms with Crippen molar-refractivity contribution >= 4 is 28.4 Å². The molecule has 1 aromatic heterocycles. The van der Waals surface area contributed by atoms with Crippen molar-refractivity contribution in [3.05, 3.63) is 90.6 Å². The molecular formula is C32H34N4O4. The average molecular weight is 539 g/mol. The Labute approximate surface area is 234 Å². The molecule has 8 heteroatoms. The summed E-state index contributed by atoms with van der Waals surface area (Å²) in [5, 5.41) is 15.0. The fourth-order valence-electron chi connectivity index (χ4n) is 5.01. The molecule has 2 heterocycles. The molecule has 0 fully saturated rings. The fraction of sp³-hybridized carbons (Fsp3) is 0.281. The smallest absolute Gasteiger partial charge is 0.321 e. The van der Waals surface area contributed by atoms with Crippen LogP contribution in [-0.4, -0.2) is 70.7 Å². The number of pyridine rings is 1. The van der Waals surface area contributed by atoms with Crippen LogP contribution in [0.5, 0.6) is 5.88 Å². The maximum absolute atomic E-state index is 13.7. The van der Waals surface area contributed by atoms with Crippen LogP contribution in [0, 0.1) is 5.92 Å². The first kappa shape index (κ1) is 27.1. The van der Waals surface area contributed by atoms with Gasteiger partial charge in [0.05, 0.1) is 24.9 Å². The molecule has 3 atom stereocenters. The van der Waals surface area contributed by atoms with E-state index in [9.17, 15) is 14.7 Å². The maximum atomic E-state index is 13.7. The number of hydrogen-bond acceptors (Lipinski definition) is 5. The van der Waals surface area contributed by atoms with Gasteiger partial charge in [0.25, 0.3) is 5.91 Å². The highest BCUT2D eigenvalue weighted by Crippen LogP contribution is 2.30. The Balaban J connectivity index is 1.41. The molecule has 0 spiro atoms. The molecule has 0 bridgehead atoms. The first-order valence-electron chi connectivity index (χ1n) is 13.5. The number of aliphatic hydroxyl groups is 1. The number of fused-ring (bicyclic) bond motifs is 2. The molecule has 0 unspecified atom stereocenters. The van der Waals surface area contributed by atoms with Crippen molar-refractivity contribution < 1.29 is 19.4 Å². The van der Waals surface area contributed by atoms with Gasteiger partial charge in [0.15, 0.2) is 0 Å². The summed E-state index contributed by atoms with van der Waals surface area (Å²) in [6.07, 6.45) is 1.25. The van der Waals surface area contributed by atoms with Crippen LogP contribution < -0.4 is 10.1 Å². The zero-order chi connectivity index (χ0) is 28.2. The number of nitrogens with one attached hydrogen (secondary N) is 1. The van der Waals surface area contributed by atoms with Crippen LogP contribution in [0.3, 0.4) is 0 Å². The van der Waals surface area contributed by atoms with E-state index in [0.29, 0.717) is 12.1 Å². The molecule has 3 aromatic carbocycles. The summed E-state index contributed by atoms with van der Waals surface area (Å²) in [4.78, 5) is 34.8. The van der Waals surface area contributed by atoms with Gasteiger partial charge in [0, 0.05) is 36.7 Å². The molecule has 1 aliphatic rings. The molecule has 0 saturated carbocycles. The number of hydrogen-bond donors (Lipinski definition) is 2. The van der Waals surface area contributed by atoms with Crippen LogP contribution in [0.4, 0.5) is 10.5 Å². The van der Waals surface area contributed by atoms with Gasteiger partial charge in [-0.25, -0.2) is 9.78 Å². The molecule has 1 aliphatic heterocycles. The van der Waals surface area contributed by atoms with E-state index in [1.165, 1.54) is 0 Å². The second kappa shape index (κ2) is 11.8. The number of ether oxygens (including phenoxy) is 1. The van der Waals surface area contributed by atoms with Gasteiger partial charge in [-0.2, -0.15) is 0 Å². The number of anilines is 1. The molecule has 40 heavy (non-hydrogen) atoms. The molecule has 0 radical (unpaired) electrons. The van der Waals surface area contributed by atoms with E-state index in [-0.39, 0.29) is 36.9 Å². The minimum atomic E-state index is -0.446. The summed E-state index contributed by atoms with van der Waals surface area (Å²) in [6, 6.07) is 24.5. The van der Waals surface area contributed by atoms with E-state index in [1.54, 1.807) is 29.1 Å². The van der Waals surface area contributed by atoms with Crippen molar-refractivity contribution in [2.45, 2.75) is 26.0 Å². The quantitative estimate of drug-likeness (QED) is 0.348. The van der Waals surface area contributed by atoms with Gasteiger partial charge in [-0.1, -0.05) is 73.7 Å². The van der Waals surface area contributed by atoms with Gasteiger partial charge in [-0.15, -0.1) is 0 Å². The van der Waals surface area contributed by atoms with Crippen molar-refractivity contribution in [3.63, 3.8) is 0 Å². The third-order valence-corrected chi connectivity index (χ3v) is 7.46. The molecular weight excluding hydrogens is 504 g/mol. The monoisotopic (exact) mass is 538 g/mol. The normalized spacial score (nSPS) is 17.8. The first-order valence-corrected chi connectivity index (χ1v) is 13.5. The third-order valence-electron chi connectivity index (χ3n) is 7.46. The highest BCUT2D eigenvalue weighted by Gasteiger charge is 2.35. The van der Waals surface area contributed by atoms with Gasteiger partial charge < -0.3 is 25.0 Å². The molecule has 8 nitrogen and oxygen atoms in total. The van der Waals surface area contributed by atoms with Crippen LogP contribution >= 0.6 is 0 Å². The number of nitrogens with zero attached hydrogens (tertiary/aromatic N) is 3. The Morgan fingerprint density at radius 3 is 2.60 bits per heavy atom. The zero-order valence-corrected chi connectivity index (χ0v) is 22.9. The summed E-state index contributed by atoms with van der Waals surface area (Å²) in [6.45, 7) is 4.27. The largest absolute Gasteiger partial charge is 0.472 e. The highest BCUT2D eigenvalue weighted by atomic mass is 16.5. The minimum absolute atomic E-state index is 0.144. The van der Waals surface area contributed by atoms with Crippen molar-refractivity contribution in [2.75, 3.05) is 32.1 Å². The van der Waals surface area contributed by atoms with Crippen LogP contribution in [-0.2, 0) is 0 Å². The topological polar surface area (TPSA) is 95.0 Å². The Bertz CT molecular complexity index is 1500. The fourth-order valence-corrected chi connectivity index (χ4v) is 5.01. The van der Waals surface area contributed by atoms with Gasteiger partial charge in [0.1, 0.15) is 11.7 Å². The maximum Gasteiger partial charge on any atom is 0.321 e. The average Bonchev–Trinajstić information content (AvgIpc) is 2.98. The Morgan fingerprint density at radius 1 is 1.10 bits per heavy atom. The lowest BCUT2D eigenvalue weighted by atomic mass is 9.99. The standard InChI is InChI=1S/C32H34N4O4/c1-21-18-36(22(2)20-37)31(38)27-16-25(23-10-5-4-6-11-23)17-33-30(27)40-29(21)19-35(3)32(39)34-28-15-9-13-24-12-7-8-14-26(24)28/h4-17,21-22,29,37H,18-20H2,1-3H3,(H,34,39)/t21-,22+,29-/m0/s1. The summed E-state index contributed by atoms with van der Waals surface area (Å²) in [7, 11) is 1.72.